The van der Waals surface area contributed by atoms with Gasteiger partial charge in [-0.1, -0.05) is 28.9 Å². The first-order valence-electron chi connectivity index (χ1n) is 7.24. The summed E-state index contributed by atoms with van der Waals surface area (Å²) in [6, 6.07) is 10.3. The fraction of sp³-hybridized carbons (Fsp3) is 0.438. The molecule has 1 atom stereocenters. The Kier molecular flexibility index (Phi) is 6.33. The molecule has 0 radical (unpaired) electrons. The van der Waals surface area contributed by atoms with Crippen molar-refractivity contribution in [2.45, 2.75) is 44.2 Å². The van der Waals surface area contributed by atoms with Crippen LogP contribution in [0.3, 0.4) is 0 Å². The van der Waals surface area contributed by atoms with Crippen molar-refractivity contribution in [1.82, 2.24) is 9.78 Å². The highest BCUT2D eigenvalue weighted by atomic mass is 79.9. The highest BCUT2D eigenvalue weighted by Crippen LogP contribution is 2.23. The van der Waals surface area contributed by atoms with Gasteiger partial charge in [-0.25, -0.2) is 0 Å². The van der Waals surface area contributed by atoms with Crippen LogP contribution in [-0.2, 0) is 19.4 Å². The summed E-state index contributed by atoms with van der Waals surface area (Å²) in [5, 5.41) is 14.8. The maximum Gasteiger partial charge on any atom is 0.0689 e. The van der Waals surface area contributed by atoms with Crippen molar-refractivity contribution in [2.24, 2.45) is 0 Å². The number of rotatable bonds is 7. The molecular weight excluding hydrogens is 348 g/mol. The van der Waals surface area contributed by atoms with Gasteiger partial charge < -0.3 is 5.11 Å². The van der Waals surface area contributed by atoms with Gasteiger partial charge in [-0.05, 0) is 37.6 Å². The van der Waals surface area contributed by atoms with E-state index in [0.29, 0.717) is 12.2 Å². The Morgan fingerprint density at radius 1 is 1.33 bits per heavy atom. The molecule has 0 saturated heterocycles. The van der Waals surface area contributed by atoms with Crippen LogP contribution in [0.25, 0.3) is 0 Å². The molecule has 0 amide bonds. The molecule has 1 unspecified atom stereocenters. The quantitative estimate of drug-likeness (QED) is 0.752. The molecule has 21 heavy (non-hydrogen) atoms. The van der Waals surface area contributed by atoms with Crippen LogP contribution in [0.1, 0.15) is 25.2 Å². The lowest BCUT2D eigenvalue weighted by molar-refractivity contribution is 0.197. The normalized spacial score (nSPS) is 12.6. The molecular formula is C16H21BrN2OS. The second-order valence-electron chi connectivity index (χ2n) is 4.92. The van der Waals surface area contributed by atoms with Crippen molar-refractivity contribution in [2.75, 3.05) is 5.75 Å². The van der Waals surface area contributed by atoms with Crippen molar-refractivity contribution < 1.29 is 5.11 Å². The van der Waals surface area contributed by atoms with E-state index in [2.05, 4.69) is 53.1 Å². The maximum absolute atomic E-state index is 10.3. The van der Waals surface area contributed by atoms with Crippen LogP contribution in [0.15, 0.2) is 39.7 Å². The smallest absolute Gasteiger partial charge is 0.0689 e. The number of aliphatic hydroxyl groups is 1. The van der Waals surface area contributed by atoms with Gasteiger partial charge in [0.2, 0.25) is 0 Å². The van der Waals surface area contributed by atoms with Gasteiger partial charge >= 0.3 is 0 Å². The zero-order valence-corrected chi connectivity index (χ0v) is 14.8. The summed E-state index contributed by atoms with van der Waals surface area (Å²) < 4.78 is 3.06. The average Bonchev–Trinajstić information content (AvgIpc) is 2.87. The lowest BCUT2D eigenvalue weighted by atomic mass is 10.2. The van der Waals surface area contributed by atoms with Gasteiger partial charge in [0.1, 0.15) is 0 Å². The van der Waals surface area contributed by atoms with E-state index >= 15 is 0 Å². The Morgan fingerprint density at radius 2 is 2.14 bits per heavy atom. The van der Waals surface area contributed by atoms with Crippen LogP contribution in [0.2, 0.25) is 0 Å². The predicted octanol–water partition coefficient (Wildman–Crippen LogP) is 3.92. The molecule has 0 aliphatic carbocycles. The number of halogens is 1. The number of hydrogen-bond acceptors (Lipinski definition) is 3. The van der Waals surface area contributed by atoms with Gasteiger partial charge in [-0.15, -0.1) is 11.8 Å². The third-order valence-corrected chi connectivity index (χ3v) is 4.89. The number of nitrogens with zero attached hydrogens (tertiary/aromatic N) is 2. The molecule has 0 fully saturated rings. The Morgan fingerprint density at radius 3 is 2.81 bits per heavy atom. The average molecular weight is 369 g/mol. The number of aryl methyl sites for hydroxylation is 2. The Labute approximate surface area is 138 Å². The van der Waals surface area contributed by atoms with E-state index in [9.17, 15) is 5.11 Å². The van der Waals surface area contributed by atoms with Crippen molar-refractivity contribution in [3.05, 3.63) is 46.2 Å². The van der Waals surface area contributed by atoms with Crippen molar-refractivity contribution in [3.8, 4) is 0 Å². The van der Waals surface area contributed by atoms with Crippen LogP contribution in [0.5, 0.6) is 0 Å². The molecule has 1 aromatic carbocycles. The van der Waals surface area contributed by atoms with E-state index in [-0.39, 0.29) is 6.10 Å². The summed E-state index contributed by atoms with van der Waals surface area (Å²) >= 11 is 5.14. The van der Waals surface area contributed by atoms with Gasteiger partial charge in [0.05, 0.1) is 11.8 Å². The Bertz CT molecular complexity index is 585. The van der Waals surface area contributed by atoms with Gasteiger partial charge in [-0.2, -0.15) is 5.10 Å². The first kappa shape index (κ1) is 16.6. The lowest BCUT2D eigenvalue weighted by Crippen LogP contribution is -2.16. The fourth-order valence-electron chi connectivity index (χ4n) is 2.18. The van der Waals surface area contributed by atoms with Crippen molar-refractivity contribution in [1.29, 1.82) is 0 Å². The molecule has 0 spiro atoms. The van der Waals surface area contributed by atoms with Gasteiger partial charge in [0, 0.05) is 33.8 Å². The second-order valence-corrected chi connectivity index (χ2v) is 6.93. The standard InChI is InChI=1S/C16H21BrN2OS/c1-3-13-9-14(19(4-2)18-13)10-15(20)11-21-16-7-5-6-12(17)8-16/h5-9,15,20H,3-4,10-11H2,1-2H3. The molecule has 0 aliphatic heterocycles. The zero-order valence-electron chi connectivity index (χ0n) is 12.4. The summed E-state index contributed by atoms with van der Waals surface area (Å²) in [7, 11) is 0. The highest BCUT2D eigenvalue weighted by Gasteiger charge is 2.12. The molecule has 2 rings (SSSR count). The summed E-state index contributed by atoms with van der Waals surface area (Å²) in [6.07, 6.45) is 1.23. The summed E-state index contributed by atoms with van der Waals surface area (Å²) in [5.74, 6) is 0.687. The third kappa shape index (κ3) is 4.87. The molecule has 0 aliphatic rings. The van der Waals surface area contributed by atoms with Crippen LogP contribution >= 0.6 is 27.7 Å². The predicted molar refractivity (Wildman–Crippen MR) is 91.9 cm³/mol. The van der Waals surface area contributed by atoms with Crippen LogP contribution in [-0.4, -0.2) is 26.7 Å². The summed E-state index contributed by atoms with van der Waals surface area (Å²) in [4.78, 5) is 1.17. The Hall–Kier alpha value is -0.780. The van der Waals surface area contributed by atoms with E-state index in [0.717, 1.165) is 28.8 Å². The molecule has 1 heterocycles. The van der Waals surface area contributed by atoms with Crippen LogP contribution < -0.4 is 0 Å². The van der Waals surface area contributed by atoms with Crippen molar-refractivity contribution in [3.63, 3.8) is 0 Å². The van der Waals surface area contributed by atoms with E-state index in [1.165, 1.54) is 4.90 Å². The number of benzene rings is 1. The van der Waals surface area contributed by atoms with Crippen LogP contribution in [0.4, 0.5) is 0 Å². The number of aromatic nitrogens is 2. The van der Waals surface area contributed by atoms with Gasteiger partial charge in [0.25, 0.3) is 0 Å². The molecule has 2 aromatic rings. The second kappa shape index (κ2) is 8.01. The van der Waals surface area contributed by atoms with Crippen LogP contribution in [0, 0.1) is 0 Å². The molecule has 114 valence electrons. The summed E-state index contributed by atoms with van der Waals surface area (Å²) in [5.41, 5.74) is 2.22. The summed E-state index contributed by atoms with van der Waals surface area (Å²) in [6.45, 7) is 5.03. The zero-order chi connectivity index (χ0) is 15.2. The van der Waals surface area contributed by atoms with E-state index in [4.69, 9.17) is 0 Å². The minimum absolute atomic E-state index is 0.360. The molecule has 1 N–H and O–H groups in total. The minimum atomic E-state index is -0.360. The fourth-order valence-corrected chi connectivity index (χ4v) is 3.61. The van der Waals surface area contributed by atoms with Gasteiger partial charge in [0.15, 0.2) is 0 Å². The first-order valence-corrected chi connectivity index (χ1v) is 9.02. The largest absolute Gasteiger partial charge is 0.392 e. The number of aliphatic hydroxyl groups excluding tert-OH is 1. The minimum Gasteiger partial charge on any atom is -0.392 e. The molecule has 3 nitrogen and oxygen atoms in total. The Balaban J connectivity index is 1.92. The first-order chi connectivity index (χ1) is 10.1. The molecule has 0 bridgehead atoms. The monoisotopic (exact) mass is 368 g/mol. The molecule has 5 heteroatoms. The highest BCUT2D eigenvalue weighted by molar-refractivity contribution is 9.10. The van der Waals surface area contributed by atoms with Gasteiger partial charge in [-0.3, -0.25) is 4.68 Å². The maximum atomic E-state index is 10.3. The van der Waals surface area contributed by atoms with Crippen molar-refractivity contribution >= 4 is 27.7 Å². The lowest BCUT2D eigenvalue weighted by Gasteiger charge is -2.11. The van der Waals surface area contributed by atoms with E-state index in [1.54, 1.807) is 11.8 Å². The molecule has 1 aromatic heterocycles. The van der Waals surface area contributed by atoms with E-state index < -0.39 is 0 Å². The number of hydrogen-bond donors (Lipinski definition) is 1. The third-order valence-electron chi connectivity index (χ3n) is 3.26. The SMILES string of the molecule is CCc1cc(CC(O)CSc2cccc(Br)c2)n(CC)n1. The number of thioether (sulfide) groups is 1. The topological polar surface area (TPSA) is 38.0 Å². The molecule has 0 saturated carbocycles. The van der Waals surface area contributed by atoms with E-state index in [1.807, 2.05) is 16.8 Å².